The summed E-state index contributed by atoms with van der Waals surface area (Å²) in [6.07, 6.45) is 0.437. The van der Waals surface area contributed by atoms with Crippen LogP contribution in [-0.2, 0) is 6.18 Å². The number of hydrogen-bond acceptors (Lipinski definition) is 4. The molecule has 6 nitrogen and oxygen atoms in total. The van der Waals surface area contributed by atoms with E-state index in [1.165, 1.54) is 7.11 Å². The number of ether oxygens (including phenoxy) is 1. The predicted molar refractivity (Wildman–Crippen MR) is 115 cm³/mol. The SMILES string of the molecule is COc1cc2nn(C3CC(C(C)(C)C)C3)cc2cc1NC(=O)c1ccc(C(F)(F)F)nc1. The summed E-state index contributed by atoms with van der Waals surface area (Å²) < 4.78 is 45.5. The molecule has 1 aromatic carbocycles. The molecule has 3 aromatic rings. The maximum absolute atomic E-state index is 12.7. The molecule has 9 heteroatoms. The lowest BCUT2D eigenvalue weighted by molar-refractivity contribution is -0.141. The summed E-state index contributed by atoms with van der Waals surface area (Å²) >= 11 is 0. The standard InChI is InChI=1S/C23H25F3N4O2/c1-22(2,3)15-8-16(9-15)30-12-14-7-18(19(32-4)10-17(14)29-30)28-21(31)13-5-6-20(27-11-13)23(24,25)26/h5-7,10-12,15-16H,8-9H2,1-4H3,(H,28,31). The zero-order valence-electron chi connectivity index (χ0n) is 18.3. The molecule has 170 valence electrons. The Hall–Kier alpha value is -3.10. The van der Waals surface area contributed by atoms with Crippen molar-refractivity contribution in [2.24, 2.45) is 11.3 Å². The largest absolute Gasteiger partial charge is 0.494 e. The van der Waals surface area contributed by atoms with Crippen LogP contribution in [-0.4, -0.2) is 27.8 Å². The number of pyridine rings is 1. The van der Waals surface area contributed by atoms with Crippen molar-refractivity contribution in [2.75, 3.05) is 12.4 Å². The number of hydrogen-bond donors (Lipinski definition) is 1. The zero-order valence-corrected chi connectivity index (χ0v) is 18.3. The summed E-state index contributed by atoms with van der Waals surface area (Å²) in [5, 5.41) is 8.22. The van der Waals surface area contributed by atoms with Gasteiger partial charge in [-0.25, -0.2) is 0 Å². The molecule has 0 radical (unpaired) electrons. The average molecular weight is 446 g/mol. The molecule has 0 bridgehead atoms. The van der Waals surface area contributed by atoms with E-state index < -0.39 is 17.8 Å². The average Bonchev–Trinajstić information content (AvgIpc) is 3.06. The van der Waals surface area contributed by atoms with Crippen LogP contribution in [0.4, 0.5) is 18.9 Å². The summed E-state index contributed by atoms with van der Waals surface area (Å²) in [5.41, 5.74) is 0.390. The van der Waals surface area contributed by atoms with Gasteiger partial charge < -0.3 is 10.1 Å². The van der Waals surface area contributed by atoms with Crippen molar-refractivity contribution in [3.05, 3.63) is 47.9 Å². The number of nitrogens with one attached hydrogen (secondary N) is 1. The van der Waals surface area contributed by atoms with E-state index in [9.17, 15) is 18.0 Å². The summed E-state index contributed by atoms with van der Waals surface area (Å²) in [5.74, 6) is 0.488. The number of halogens is 3. The highest BCUT2D eigenvalue weighted by molar-refractivity contribution is 6.06. The second-order valence-electron chi connectivity index (χ2n) is 9.29. The summed E-state index contributed by atoms with van der Waals surface area (Å²) in [6.45, 7) is 6.75. The Morgan fingerprint density at radius 2 is 1.91 bits per heavy atom. The molecule has 0 spiro atoms. The summed E-state index contributed by atoms with van der Waals surface area (Å²) in [4.78, 5) is 15.9. The lowest BCUT2D eigenvalue weighted by atomic mass is 9.66. The topological polar surface area (TPSA) is 69.0 Å². The van der Waals surface area contributed by atoms with Crippen LogP contribution in [0.2, 0.25) is 0 Å². The van der Waals surface area contributed by atoms with Crippen LogP contribution in [0.3, 0.4) is 0 Å². The van der Waals surface area contributed by atoms with Crippen LogP contribution in [0.1, 0.15) is 55.7 Å². The quantitative estimate of drug-likeness (QED) is 0.558. The van der Waals surface area contributed by atoms with Crippen molar-refractivity contribution >= 4 is 22.5 Å². The predicted octanol–water partition coefficient (Wildman–Crippen LogP) is 5.71. The monoisotopic (exact) mass is 446 g/mol. The molecule has 0 unspecified atom stereocenters. The van der Waals surface area contributed by atoms with Gasteiger partial charge >= 0.3 is 6.18 Å². The van der Waals surface area contributed by atoms with Gasteiger partial charge in [0.05, 0.1) is 29.9 Å². The number of rotatable bonds is 4. The van der Waals surface area contributed by atoms with Gasteiger partial charge in [0.1, 0.15) is 11.4 Å². The Balaban J connectivity index is 1.54. The van der Waals surface area contributed by atoms with E-state index in [1.807, 2.05) is 10.9 Å². The van der Waals surface area contributed by atoms with Crippen LogP contribution < -0.4 is 10.1 Å². The number of fused-ring (bicyclic) bond motifs is 1. The number of anilines is 1. The van der Waals surface area contributed by atoms with Gasteiger partial charge in [-0.1, -0.05) is 20.8 Å². The second-order valence-corrected chi connectivity index (χ2v) is 9.29. The van der Waals surface area contributed by atoms with Gasteiger partial charge in [0, 0.05) is 23.8 Å². The highest BCUT2D eigenvalue weighted by Crippen LogP contribution is 2.47. The number of carbonyl (C=O) groups is 1. The maximum Gasteiger partial charge on any atom is 0.433 e. The molecule has 1 saturated carbocycles. The molecule has 32 heavy (non-hydrogen) atoms. The number of aromatic nitrogens is 3. The molecule has 1 N–H and O–H groups in total. The first-order chi connectivity index (χ1) is 15.0. The van der Waals surface area contributed by atoms with Gasteiger partial charge in [0.15, 0.2) is 0 Å². The molecule has 1 amide bonds. The highest BCUT2D eigenvalue weighted by Gasteiger charge is 2.38. The minimum atomic E-state index is -4.56. The minimum absolute atomic E-state index is 0.0125. The van der Waals surface area contributed by atoms with E-state index >= 15 is 0 Å². The fourth-order valence-corrected chi connectivity index (χ4v) is 3.93. The Labute approximate surface area is 183 Å². The third-order valence-electron chi connectivity index (χ3n) is 6.12. The Kier molecular flexibility index (Phi) is 5.38. The minimum Gasteiger partial charge on any atom is -0.494 e. The third kappa shape index (κ3) is 4.28. The van der Waals surface area contributed by atoms with E-state index in [0.29, 0.717) is 23.4 Å². The van der Waals surface area contributed by atoms with Crippen molar-refractivity contribution in [1.29, 1.82) is 0 Å². The van der Waals surface area contributed by atoms with Crippen molar-refractivity contribution in [2.45, 2.75) is 45.8 Å². The fraction of sp³-hybridized carbons (Fsp3) is 0.435. The normalized spacial score (nSPS) is 19.0. The van der Waals surface area contributed by atoms with Crippen LogP contribution in [0.25, 0.3) is 10.9 Å². The molecule has 1 aliphatic rings. The van der Waals surface area contributed by atoms with Crippen molar-refractivity contribution < 1.29 is 22.7 Å². The van der Waals surface area contributed by atoms with Crippen LogP contribution in [0.15, 0.2) is 36.7 Å². The van der Waals surface area contributed by atoms with Gasteiger partial charge in [0.2, 0.25) is 0 Å². The first-order valence-electron chi connectivity index (χ1n) is 10.4. The van der Waals surface area contributed by atoms with Crippen LogP contribution >= 0.6 is 0 Å². The molecular formula is C23H25F3N4O2. The van der Waals surface area contributed by atoms with Gasteiger partial charge in [-0.3, -0.25) is 14.5 Å². The lowest BCUT2D eigenvalue weighted by Crippen LogP contribution is -2.35. The Bertz CT molecular complexity index is 1140. The lowest BCUT2D eigenvalue weighted by Gasteiger charge is -2.43. The molecule has 4 rings (SSSR count). The van der Waals surface area contributed by atoms with Gasteiger partial charge in [-0.2, -0.15) is 18.3 Å². The van der Waals surface area contributed by atoms with Crippen molar-refractivity contribution in [3.63, 3.8) is 0 Å². The molecule has 0 aliphatic heterocycles. The molecule has 0 saturated heterocycles. The van der Waals surface area contributed by atoms with Gasteiger partial charge in [-0.15, -0.1) is 0 Å². The van der Waals surface area contributed by atoms with Gasteiger partial charge in [0.25, 0.3) is 5.91 Å². The fourth-order valence-electron chi connectivity index (χ4n) is 3.93. The third-order valence-corrected chi connectivity index (χ3v) is 6.12. The van der Waals surface area contributed by atoms with Crippen molar-refractivity contribution in [1.82, 2.24) is 14.8 Å². The molecule has 1 aliphatic carbocycles. The van der Waals surface area contributed by atoms with Gasteiger partial charge in [-0.05, 0) is 42.4 Å². The molecule has 2 heterocycles. The number of carbonyl (C=O) groups excluding carboxylic acids is 1. The first kappa shape index (κ1) is 22.1. The number of benzene rings is 1. The Morgan fingerprint density at radius 3 is 2.47 bits per heavy atom. The molecule has 2 aromatic heterocycles. The van der Waals surface area contributed by atoms with Crippen LogP contribution in [0.5, 0.6) is 5.75 Å². The number of amides is 1. The van der Waals surface area contributed by atoms with Crippen LogP contribution in [0, 0.1) is 11.3 Å². The first-order valence-corrected chi connectivity index (χ1v) is 10.4. The molecular weight excluding hydrogens is 421 g/mol. The van der Waals surface area contributed by atoms with Crippen molar-refractivity contribution in [3.8, 4) is 5.75 Å². The molecule has 0 atom stereocenters. The maximum atomic E-state index is 12.7. The number of nitrogens with zero attached hydrogens (tertiary/aromatic N) is 3. The summed E-state index contributed by atoms with van der Waals surface area (Å²) in [6, 6.07) is 5.72. The van der Waals surface area contributed by atoms with E-state index in [1.54, 1.807) is 12.1 Å². The number of methoxy groups -OCH3 is 1. The summed E-state index contributed by atoms with van der Waals surface area (Å²) in [7, 11) is 1.48. The zero-order chi connectivity index (χ0) is 23.3. The molecule has 1 fully saturated rings. The van der Waals surface area contributed by atoms with E-state index in [-0.39, 0.29) is 11.0 Å². The Morgan fingerprint density at radius 1 is 1.19 bits per heavy atom. The van der Waals surface area contributed by atoms with E-state index in [2.05, 4.69) is 36.2 Å². The van der Waals surface area contributed by atoms with E-state index in [0.717, 1.165) is 42.1 Å². The smallest absolute Gasteiger partial charge is 0.433 e. The highest BCUT2D eigenvalue weighted by atomic mass is 19.4. The number of alkyl halides is 3. The second kappa shape index (κ2) is 7.79. The van der Waals surface area contributed by atoms with E-state index in [4.69, 9.17) is 4.74 Å².